The second-order valence-electron chi connectivity index (χ2n) is 6.47. The number of rotatable bonds is 2. The standard InChI is InChI=1S/C17H17N3O3/c1-17(2,3)12-8-9(16(22)23)7-11(15(12)21)10-5-4-6-13-14(10)19-20-18-13/h4-8,21H,1-3H3,(H,22,23)(H,18,19,20). The number of phenolic OH excluding ortho intramolecular Hbond substituents is 1. The summed E-state index contributed by atoms with van der Waals surface area (Å²) in [7, 11) is 0. The Balaban J connectivity index is 2.37. The molecule has 0 spiro atoms. The molecule has 1 heterocycles. The molecule has 118 valence electrons. The monoisotopic (exact) mass is 311 g/mol. The summed E-state index contributed by atoms with van der Waals surface area (Å²) < 4.78 is 0. The van der Waals surface area contributed by atoms with Crippen LogP contribution in [0.15, 0.2) is 30.3 Å². The van der Waals surface area contributed by atoms with Gasteiger partial charge in [-0.1, -0.05) is 32.9 Å². The van der Waals surface area contributed by atoms with E-state index in [9.17, 15) is 15.0 Å². The molecule has 6 nitrogen and oxygen atoms in total. The van der Waals surface area contributed by atoms with Crippen molar-refractivity contribution in [3.8, 4) is 16.9 Å². The molecule has 0 atom stereocenters. The van der Waals surface area contributed by atoms with Gasteiger partial charge in [0.2, 0.25) is 0 Å². The summed E-state index contributed by atoms with van der Waals surface area (Å²) in [5, 5.41) is 30.8. The van der Waals surface area contributed by atoms with Gasteiger partial charge in [0.05, 0.1) is 5.56 Å². The van der Waals surface area contributed by atoms with E-state index >= 15 is 0 Å². The number of fused-ring (bicyclic) bond motifs is 1. The van der Waals surface area contributed by atoms with Crippen molar-refractivity contribution in [1.29, 1.82) is 0 Å². The Labute approximate surface area is 132 Å². The second kappa shape index (κ2) is 5.08. The maximum Gasteiger partial charge on any atom is 0.335 e. The van der Waals surface area contributed by atoms with Crippen molar-refractivity contribution in [3.05, 3.63) is 41.5 Å². The highest BCUT2D eigenvalue weighted by molar-refractivity contribution is 5.97. The minimum atomic E-state index is -1.04. The van der Waals surface area contributed by atoms with Crippen LogP contribution in [0.5, 0.6) is 5.75 Å². The smallest absolute Gasteiger partial charge is 0.335 e. The fourth-order valence-electron chi connectivity index (χ4n) is 2.62. The predicted octanol–water partition coefficient (Wildman–Crippen LogP) is 3.33. The number of carboxylic acids is 1. The van der Waals surface area contributed by atoms with Gasteiger partial charge in [0.15, 0.2) is 0 Å². The molecule has 23 heavy (non-hydrogen) atoms. The third-order valence-corrected chi connectivity index (χ3v) is 3.80. The molecule has 3 N–H and O–H groups in total. The summed E-state index contributed by atoms with van der Waals surface area (Å²) in [6, 6.07) is 8.37. The molecule has 0 radical (unpaired) electrons. The maximum absolute atomic E-state index is 11.5. The summed E-state index contributed by atoms with van der Waals surface area (Å²) in [4.78, 5) is 11.5. The molecule has 0 bridgehead atoms. The topological polar surface area (TPSA) is 99.1 Å². The number of para-hydroxylation sites is 1. The molecule has 0 aliphatic heterocycles. The van der Waals surface area contributed by atoms with Crippen LogP contribution >= 0.6 is 0 Å². The quantitative estimate of drug-likeness (QED) is 0.674. The zero-order chi connectivity index (χ0) is 16.8. The molecule has 3 aromatic rings. The van der Waals surface area contributed by atoms with Crippen LogP contribution in [0.3, 0.4) is 0 Å². The van der Waals surface area contributed by atoms with E-state index in [1.54, 1.807) is 18.2 Å². The molecular weight excluding hydrogens is 294 g/mol. The highest BCUT2D eigenvalue weighted by Crippen LogP contribution is 2.41. The Hall–Kier alpha value is -2.89. The van der Waals surface area contributed by atoms with Gasteiger partial charge in [0.25, 0.3) is 0 Å². The molecule has 0 unspecified atom stereocenters. The van der Waals surface area contributed by atoms with Crippen LogP contribution in [0.1, 0.15) is 36.7 Å². The summed E-state index contributed by atoms with van der Waals surface area (Å²) in [6.07, 6.45) is 0. The first-order chi connectivity index (χ1) is 10.8. The SMILES string of the molecule is CC(C)(C)c1cc(C(=O)O)cc(-c2cccc3n[nH]nc23)c1O. The van der Waals surface area contributed by atoms with Gasteiger partial charge in [-0.2, -0.15) is 15.4 Å². The van der Waals surface area contributed by atoms with E-state index < -0.39 is 11.4 Å². The van der Waals surface area contributed by atoms with Crippen LogP contribution < -0.4 is 0 Å². The number of H-pyrrole nitrogens is 1. The lowest BCUT2D eigenvalue weighted by molar-refractivity contribution is 0.0696. The van der Waals surface area contributed by atoms with E-state index in [4.69, 9.17) is 0 Å². The highest BCUT2D eigenvalue weighted by atomic mass is 16.4. The molecule has 0 fully saturated rings. The van der Waals surface area contributed by atoms with Crippen molar-refractivity contribution >= 4 is 17.0 Å². The van der Waals surface area contributed by atoms with Crippen LogP contribution in [-0.2, 0) is 5.41 Å². The summed E-state index contributed by atoms with van der Waals surface area (Å²) in [6.45, 7) is 5.77. The van der Waals surface area contributed by atoms with Gasteiger partial charge in [0, 0.05) is 16.7 Å². The number of benzene rings is 2. The lowest BCUT2D eigenvalue weighted by Crippen LogP contribution is -2.13. The van der Waals surface area contributed by atoms with Crippen LogP contribution in [0.25, 0.3) is 22.2 Å². The van der Waals surface area contributed by atoms with E-state index in [0.717, 1.165) is 0 Å². The van der Waals surface area contributed by atoms with E-state index in [1.165, 1.54) is 12.1 Å². The predicted molar refractivity (Wildman–Crippen MR) is 86.6 cm³/mol. The Morgan fingerprint density at radius 2 is 1.87 bits per heavy atom. The Bertz CT molecular complexity index is 907. The van der Waals surface area contributed by atoms with Gasteiger partial charge >= 0.3 is 5.97 Å². The number of aromatic amines is 1. The molecule has 0 amide bonds. The van der Waals surface area contributed by atoms with Gasteiger partial charge in [-0.3, -0.25) is 0 Å². The average molecular weight is 311 g/mol. The summed E-state index contributed by atoms with van der Waals surface area (Å²) in [5.74, 6) is -0.970. The molecular formula is C17H17N3O3. The summed E-state index contributed by atoms with van der Waals surface area (Å²) >= 11 is 0. The molecule has 6 heteroatoms. The first-order valence-electron chi connectivity index (χ1n) is 7.19. The minimum absolute atomic E-state index is 0.0676. The van der Waals surface area contributed by atoms with Crippen molar-refractivity contribution in [2.75, 3.05) is 0 Å². The number of nitrogens with one attached hydrogen (secondary N) is 1. The molecule has 3 rings (SSSR count). The van der Waals surface area contributed by atoms with Crippen LogP contribution in [0.2, 0.25) is 0 Å². The van der Waals surface area contributed by atoms with Crippen molar-refractivity contribution in [2.45, 2.75) is 26.2 Å². The fraction of sp³-hybridized carbons (Fsp3) is 0.235. The summed E-state index contributed by atoms with van der Waals surface area (Å²) in [5.41, 5.74) is 2.63. The van der Waals surface area contributed by atoms with E-state index in [1.807, 2.05) is 20.8 Å². The van der Waals surface area contributed by atoms with E-state index in [-0.39, 0.29) is 11.3 Å². The fourth-order valence-corrected chi connectivity index (χ4v) is 2.62. The first kappa shape index (κ1) is 15.0. The zero-order valence-electron chi connectivity index (χ0n) is 13.1. The maximum atomic E-state index is 11.5. The normalized spacial score (nSPS) is 11.8. The Morgan fingerprint density at radius 3 is 2.52 bits per heavy atom. The van der Waals surface area contributed by atoms with Crippen molar-refractivity contribution in [2.24, 2.45) is 0 Å². The molecule has 2 aromatic carbocycles. The van der Waals surface area contributed by atoms with Gasteiger partial charge in [-0.05, 0) is 23.6 Å². The Morgan fingerprint density at radius 1 is 1.13 bits per heavy atom. The number of aromatic hydroxyl groups is 1. The largest absolute Gasteiger partial charge is 0.507 e. The number of aromatic carboxylic acids is 1. The number of nitrogens with zero attached hydrogens (tertiary/aromatic N) is 2. The minimum Gasteiger partial charge on any atom is -0.507 e. The number of carboxylic acid groups (broad SMARTS) is 1. The number of hydrogen-bond acceptors (Lipinski definition) is 4. The third kappa shape index (κ3) is 2.52. The number of phenols is 1. The van der Waals surface area contributed by atoms with E-state index in [2.05, 4.69) is 15.4 Å². The molecule has 0 aliphatic rings. The number of hydrogen-bond donors (Lipinski definition) is 3. The van der Waals surface area contributed by atoms with Crippen molar-refractivity contribution in [1.82, 2.24) is 15.4 Å². The van der Waals surface area contributed by atoms with Crippen molar-refractivity contribution < 1.29 is 15.0 Å². The lowest BCUT2D eigenvalue weighted by atomic mass is 9.83. The van der Waals surface area contributed by atoms with Gasteiger partial charge in [-0.25, -0.2) is 4.79 Å². The third-order valence-electron chi connectivity index (χ3n) is 3.80. The van der Waals surface area contributed by atoms with Crippen LogP contribution in [0, 0.1) is 0 Å². The molecule has 0 saturated carbocycles. The molecule has 1 aromatic heterocycles. The lowest BCUT2D eigenvalue weighted by Gasteiger charge is -2.23. The number of aromatic nitrogens is 3. The van der Waals surface area contributed by atoms with Gasteiger partial charge in [-0.15, -0.1) is 0 Å². The molecule has 0 saturated heterocycles. The van der Waals surface area contributed by atoms with Gasteiger partial charge in [0.1, 0.15) is 16.8 Å². The van der Waals surface area contributed by atoms with Crippen LogP contribution in [-0.4, -0.2) is 31.6 Å². The first-order valence-corrected chi connectivity index (χ1v) is 7.19. The zero-order valence-corrected chi connectivity index (χ0v) is 13.1. The van der Waals surface area contributed by atoms with E-state index in [0.29, 0.717) is 27.7 Å². The van der Waals surface area contributed by atoms with Crippen LogP contribution in [0.4, 0.5) is 0 Å². The van der Waals surface area contributed by atoms with Crippen molar-refractivity contribution in [3.63, 3.8) is 0 Å². The van der Waals surface area contributed by atoms with Gasteiger partial charge < -0.3 is 10.2 Å². The highest BCUT2D eigenvalue weighted by Gasteiger charge is 2.24. The molecule has 0 aliphatic carbocycles. The second-order valence-corrected chi connectivity index (χ2v) is 6.47. The number of carbonyl (C=O) groups is 1. The Kier molecular flexibility index (Phi) is 3.32. The average Bonchev–Trinajstić information content (AvgIpc) is 2.94.